The first-order chi connectivity index (χ1) is 7.74. The topological polar surface area (TPSA) is 43.8 Å². The Morgan fingerprint density at radius 2 is 2.06 bits per heavy atom. The maximum atomic E-state index is 5.98. The lowest BCUT2D eigenvalue weighted by atomic mass is 9.99. The van der Waals surface area contributed by atoms with Gasteiger partial charge in [0.25, 0.3) is 0 Å². The molecular formula is C13H17N3. The average Bonchev–Trinajstić information content (AvgIpc) is 2.76. The van der Waals surface area contributed by atoms with Gasteiger partial charge >= 0.3 is 0 Å². The van der Waals surface area contributed by atoms with Crippen molar-refractivity contribution >= 4 is 0 Å². The van der Waals surface area contributed by atoms with E-state index in [9.17, 15) is 0 Å². The highest BCUT2D eigenvalue weighted by Gasteiger charge is 2.11. The van der Waals surface area contributed by atoms with Gasteiger partial charge in [0, 0.05) is 24.3 Å². The predicted molar refractivity (Wildman–Crippen MR) is 65.9 cm³/mol. The van der Waals surface area contributed by atoms with E-state index in [2.05, 4.69) is 24.2 Å². The molecule has 1 atom stereocenters. The van der Waals surface area contributed by atoms with E-state index in [1.165, 1.54) is 5.56 Å². The summed E-state index contributed by atoms with van der Waals surface area (Å²) in [6.07, 6.45) is 1.83. The third-order valence-corrected chi connectivity index (χ3v) is 2.74. The summed E-state index contributed by atoms with van der Waals surface area (Å²) in [5.74, 6) is 0. The van der Waals surface area contributed by atoms with E-state index >= 15 is 0 Å². The van der Waals surface area contributed by atoms with Crippen molar-refractivity contribution < 1.29 is 0 Å². The van der Waals surface area contributed by atoms with Gasteiger partial charge in [-0.2, -0.15) is 5.10 Å². The van der Waals surface area contributed by atoms with Crippen molar-refractivity contribution in [1.29, 1.82) is 0 Å². The Morgan fingerprint density at radius 1 is 1.31 bits per heavy atom. The molecule has 0 saturated heterocycles. The third-order valence-electron chi connectivity index (χ3n) is 2.74. The molecule has 0 fully saturated rings. The molecule has 0 aliphatic heterocycles. The van der Waals surface area contributed by atoms with Crippen molar-refractivity contribution in [2.45, 2.75) is 26.4 Å². The lowest BCUT2D eigenvalue weighted by Crippen LogP contribution is -2.08. The molecule has 2 N–H and O–H groups in total. The minimum atomic E-state index is 0.0383. The van der Waals surface area contributed by atoms with E-state index in [1.807, 2.05) is 36.0 Å². The van der Waals surface area contributed by atoms with E-state index in [-0.39, 0.29) is 6.04 Å². The molecule has 1 aromatic heterocycles. The Kier molecular flexibility index (Phi) is 3.06. The smallest absolute Gasteiger partial charge is 0.0685 e. The number of nitrogens with two attached hydrogens (primary N) is 1. The molecule has 16 heavy (non-hydrogen) atoms. The molecule has 1 unspecified atom stereocenters. The van der Waals surface area contributed by atoms with E-state index in [0.717, 1.165) is 17.8 Å². The number of rotatable bonds is 3. The number of hydrogen-bond acceptors (Lipinski definition) is 2. The molecule has 3 nitrogen and oxygen atoms in total. The minimum absolute atomic E-state index is 0.0383. The van der Waals surface area contributed by atoms with Crippen LogP contribution in [-0.4, -0.2) is 9.78 Å². The van der Waals surface area contributed by atoms with Gasteiger partial charge in [-0.05, 0) is 25.5 Å². The summed E-state index contributed by atoms with van der Waals surface area (Å²) in [6, 6.07) is 10.3. The molecule has 1 heterocycles. The fraction of sp³-hybridized carbons (Fsp3) is 0.308. The van der Waals surface area contributed by atoms with Crippen LogP contribution in [0.2, 0.25) is 0 Å². The largest absolute Gasteiger partial charge is 0.324 e. The Labute approximate surface area is 95.9 Å². The summed E-state index contributed by atoms with van der Waals surface area (Å²) in [5.41, 5.74) is 9.46. The number of aromatic nitrogens is 2. The van der Waals surface area contributed by atoms with Crippen molar-refractivity contribution in [3.8, 4) is 11.3 Å². The summed E-state index contributed by atoms with van der Waals surface area (Å²) < 4.78 is 1.99. The number of hydrogen-bond donors (Lipinski definition) is 1. The molecule has 84 valence electrons. The van der Waals surface area contributed by atoms with Gasteiger partial charge < -0.3 is 5.73 Å². The van der Waals surface area contributed by atoms with Gasteiger partial charge in [0.15, 0.2) is 0 Å². The molecule has 3 heteroatoms. The molecule has 0 aliphatic carbocycles. The van der Waals surface area contributed by atoms with Crippen LogP contribution in [0.1, 0.15) is 25.5 Å². The lowest BCUT2D eigenvalue weighted by molar-refractivity contribution is 0.665. The zero-order chi connectivity index (χ0) is 11.5. The van der Waals surface area contributed by atoms with Crippen LogP contribution in [0.5, 0.6) is 0 Å². The first kappa shape index (κ1) is 10.9. The highest BCUT2D eigenvalue weighted by Crippen LogP contribution is 2.26. The van der Waals surface area contributed by atoms with Crippen LogP contribution in [0.15, 0.2) is 36.5 Å². The van der Waals surface area contributed by atoms with Crippen LogP contribution in [0.25, 0.3) is 11.3 Å². The lowest BCUT2D eigenvalue weighted by Gasteiger charge is -2.13. The summed E-state index contributed by atoms with van der Waals surface area (Å²) in [7, 11) is 0. The van der Waals surface area contributed by atoms with Gasteiger partial charge in [-0.1, -0.05) is 24.3 Å². The maximum absolute atomic E-state index is 5.98. The first-order valence-corrected chi connectivity index (χ1v) is 5.60. The monoisotopic (exact) mass is 215 g/mol. The quantitative estimate of drug-likeness (QED) is 0.855. The van der Waals surface area contributed by atoms with E-state index in [0.29, 0.717) is 0 Å². The third kappa shape index (κ3) is 1.86. The zero-order valence-corrected chi connectivity index (χ0v) is 9.72. The van der Waals surface area contributed by atoms with Gasteiger partial charge in [0.2, 0.25) is 0 Å². The van der Waals surface area contributed by atoms with E-state index in [1.54, 1.807) is 0 Å². The second-order valence-corrected chi connectivity index (χ2v) is 3.91. The van der Waals surface area contributed by atoms with Gasteiger partial charge in [0.05, 0.1) is 5.69 Å². The molecule has 0 radical (unpaired) electrons. The standard InChI is InChI=1S/C13H17N3/c1-3-16-13(8-9-15-16)12-7-5-4-6-11(12)10(2)14/h4-10H,3,14H2,1-2H3. The molecule has 0 spiro atoms. The summed E-state index contributed by atoms with van der Waals surface area (Å²) >= 11 is 0. The van der Waals surface area contributed by atoms with Crippen LogP contribution < -0.4 is 5.73 Å². The van der Waals surface area contributed by atoms with Gasteiger partial charge in [-0.3, -0.25) is 4.68 Å². The van der Waals surface area contributed by atoms with Crippen LogP contribution in [-0.2, 0) is 6.54 Å². The van der Waals surface area contributed by atoms with E-state index in [4.69, 9.17) is 5.73 Å². The molecule has 0 aliphatic rings. The van der Waals surface area contributed by atoms with Crippen molar-refractivity contribution in [2.75, 3.05) is 0 Å². The van der Waals surface area contributed by atoms with Crippen molar-refractivity contribution in [3.05, 3.63) is 42.1 Å². The van der Waals surface area contributed by atoms with Crippen molar-refractivity contribution in [2.24, 2.45) is 5.73 Å². The molecule has 0 bridgehead atoms. The zero-order valence-electron chi connectivity index (χ0n) is 9.72. The summed E-state index contributed by atoms with van der Waals surface area (Å²) in [4.78, 5) is 0. The van der Waals surface area contributed by atoms with Crippen molar-refractivity contribution in [3.63, 3.8) is 0 Å². The fourth-order valence-corrected chi connectivity index (χ4v) is 1.94. The highest BCUT2D eigenvalue weighted by atomic mass is 15.3. The molecule has 0 saturated carbocycles. The average molecular weight is 215 g/mol. The maximum Gasteiger partial charge on any atom is 0.0685 e. The Hall–Kier alpha value is -1.61. The number of aryl methyl sites for hydroxylation is 1. The Balaban J connectivity index is 2.55. The van der Waals surface area contributed by atoms with Gasteiger partial charge in [-0.15, -0.1) is 0 Å². The normalized spacial score (nSPS) is 12.7. The first-order valence-electron chi connectivity index (χ1n) is 5.60. The molecule has 1 aromatic carbocycles. The van der Waals surface area contributed by atoms with Gasteiger partial charge in [-0.25, -0.2) is 0 Å². The van der Waals surface area contributed by atoms with E-state index < -0.39 is 0 Å². The fourth-order valence-electron chi connectivity index (χ4n) is 1.94. The molecule has 0 amide bonds. The highest BCUT2D eigenvalue weighted by molar-refractivity contribution is 5.64. The summed E-state index contributed by atoms with van der Waals surface area (Å²) in [5, 5.41) is 4.29. The van der Waals surface area contributed by atoms with Crippen LogP contribution in [0, 0.1) is 0 Å². The number of nitrogens with zero attached hydrogens (tertiary/aromatic N) is 2. The van der Waals surface area contributed by atoms with Crippen molar-refractivity contribution in [1.82, 2.24) is 9.78 Å². The minimum Gasteiger partial charge on any atom is -0.324 e. The molecular weight excluding hydrogens is 198 g/mol. The van der Waals surface area contributed by atoms with Crippen LogP contribution in [0.4, 0.5) is 0 Å². The Bertz CT molecular complexity index is 472. The second-order valence-electron chi connectivity index (χ2n) is 3.91. The SMILES string of the molecule is CCn1nccc1-c1ccccc1C(C)N. The number of benzene rings is 1. The van der Waals surface area contributed by atoms with Crippen LogP contribution >= 0.6 is 0 Å². The van der Waals surface area contributed by atoms with Gasteiger partial charge in [0.1, 0.15) is 0 Å². The summed E-state index contributed by atoms with van der Waals surface area (Å²) in [6.45, 7) is 4.96. The van der Waals surface area contributed by atoms with Crippen LogP contribution in [0.3, 0.4) is 0 Å². The molecule has 2 rings (SSSR count). The second kappa shape index (κ2) is 4.49. The predicted octanol–water partition coefficient (Wildman–Crippen LogP) is 2.59. The molecule has 2 aromatic rings. The Morgan fingerprint density at radius 3 is 2.75 bits per heavy atom.